The number of aryl methyl sites for hydroxylation is 1. The van der Waals surface area contributed by atoms with Gasteiger partial charge in [0.25, 0.3) is 0 Å². The van der Waals surface area contributed by atoms with Gasteiger partial charge in [0, 0.05) is 51.1 Å². The smallest absolute Gasteiger partial charge is 0.227 e. The summed E-state index contributed by atoms with van der Waals surface area (Å²) < 4.78 is 5.26. The number of carbonyl (C=O) groups is 1. The van der Waals surface area contributed by atoms with E-state index in [4.69, 9.17) is 4.52 Å². The maximum atomic E-state index is 11.8. The Balaban J connectivity index is 1.39. The van der Waals surface area contributed by atoms with Crippen LogP contribution in [0.1, 0.15) is 56.3 Å². The Hall–Kier alpha value is -2.90. The van der Waals surface area contributed by atoms with E-state index in [9.17, 15) is 4.79 Å². The molecule has 2 N–H and O–H groups in total. The van der Waals surface area contributed by atoms with Gasteiger partial charge < -0.3 is 20.1 Å². The molecule has 8 nitrogen and oxygen atoms in total. The van der Waals surface area contributed by atoms with Crippen molar-refractivity contribution in [2.75, 3.05) is 25.0 Å². The lowest BCUT2D eigenvalue weighted by Gasteiger charge is -2.16. The van der Waals surface area contributed by atoms with E-state index in [1.54, 1.807) is 7.05 Å². The van der Waals surface area contributed by atoms with Gasteiger partial charge >= 0.3 is 0 Å². The molecule has 0 unspecified atom stereocenters. The molecular formula is C21H30N6O2. The highest BCUT2D eigenvalue weighted by atomic mass is 16.5. The van der Waals surface area contributed by atoms with Crippen LogP contribution in [0.15, 0.2) is 33.8 Å². The highest BCUT2D eigenvalue weighted by Gasteiger charge is 2.21. The Labute approximate surface area is 171 Å². The number of aromatic nitrogens is 2. The van der Waals surface area contributed by atoms with E-state index in [2.05, 4.69) is 25.8 Å². The molecule has 1 aromatic carbocycles. The number of amides is 1. The first-order valence-electron chi connectivity index (χ1n) is 10.2. The molecule has 8 heteroatoms. The van der Waals surface area contributed by atoms with E-state index >= 15 is 0 Å². The molecule has 0 spiro atoms. The van der Waals surface area contributed by atoms with E-state index in [1.165, 1.54) is 0 Å². The number of nitrogens with one attached hydrogen (secondary N) is 2. The Kier molecular flexibility index (Phi) is 7.21. The molecule has 1 amide bonds. The number of carbonyl (C=O) groups excluding carboxylic acids is 1. The van der Waals surface area contributed by atoms with Crippen molar-refractivity contribution in [2.45, 2.75) is 52.0 Å². The van der Waals surface area contributed by atoms with E-state index in [1.807, 2.05) is 43.0 Å². The molecule has 1 saturated heterocycles. The number of rotatable bonds is 8. The quantitative estimate of drug-likeness (QED) is 0.403. The summed E-state index contributed by atoms with van der Waals surface area (Å²) in [5, 5.41) is 10.6. The Morgan fingerprint density at radius 3 is 2.69 bits per heavy atom. The number of nitrogens with zero attached hydrogens (tertiary/aromatic N) is 4. The molecule has 1 fully saturated rings. The molecule has 29 heavy (non-hydrogen) atoms. The third kappa shape index (κ3) is 5.79. The lowest BCUT2D eigenvalue weighted by molar-refractivity contribution is -0.117. The van der Waals surface area contributed by atoms with Crippen molar-refractivity contribution in [3.8, 4) is 0 Å². The molecule has 156 valence electrons. The summed E-state index contributed by atoms with van der Waals surface area (Å²) >= 11 is 0. The Bertz CT molecular complexity index is 828. The second-order valence-electron chi connectivity index (χ2n) is 7.47. The van der Waals surface area contributed by atoms with Gasteiger partial charge in [-0.25, -0.2) is 0 Å². The van der Waals surface area contributed by atoms with E-state index in [0.717, 1.165) is 55.4 Å². The predicted octanol–water partition coefficient (Wildman–Crippen LogP) is 2.62. The molecule has 1 aromatic heterocycles. The summed E-state index contributed by atoms with van der Waals surface area (Å²) in [5.41, 5.74) is 2.11. The normalized spacial score (nSPS) is 14.7. The number of guanidine groups is 1. The van der Waals surface area contributed by atoms with Gasteiger partial charge in [-0.1, -0.05) is 31.1 Å². The second-order valence-corrected chi connectivity index (χ2v) is 7.47. The van der Waals surface area contributed by atoms with Crippen LogP contribution >= 0.6 is 0 Å². The maximum Gasteiger partial charge on any atom is 0.227 e. The second kappa shape index (κ2) is 10.0. The molecule has 0 saturated carbocycles. The first-order valence-corrected chi connectivity index (χ1v) is 10.2. The summed E-state index contributed by atoms with van der Waals surface area (Å²) in [4.78, 5) is 22.3. The van der Waals surface area contributed by atoms with Gasteiger partial charge in [0.15, 0.2) is 11.8 Å². The lowest BCUT2D eigenvalue weighted by atomic mass is 10.2. The summed E-state index contributed by atoms with van der Waals surface area (Å²) in [5.74, 6) is 2.66. The molecule has 1 aliphatic heterocycles. The van der Waals surface area contributed by atoms with Gasteiger partial charge in [-0.2, -0.15) is 4.98 Å². The van der Waals surface area contributed by atoms with Gasteiger partial charge in [-0.3, -0.25) is 9.79 Å². The number of anilines is 1. The zero-order valence-corrected chi connectivity index (χ0v) is 17.4. The van der Waals surface area contributed by atoms with Crippen LogP contribution in [0.3, 0.4) is 0 Å². The minimum absolute atomic E-state index is 0.210. The highest BCUT2D eigenvalue weighted by Crippen LogP contribution is 2.21. The standard InChI is InChI=1S/C21H30N6O2/c1-15(2)20-25-18(29-26-20)6-4-12-23-21(22-3)24-14-16-8-10-17(11-9-16)27-13-5-7-19(27)28/h8-11,15H,4-7,12-14H2,1-3H3,(H2,22,23,24). The van der Waals surface area contributed by atoms with Crippen LogP contribution in [0.5, 0.6) is 0 Å². The van der Waals surface area contributed by atoms with Crippen molar-refractivity contribution in [1.29, 1.82) is 0 Å². The van der Waals surface area contributed by atoms with Crippen molar-refractivity contribution in [3.05, 3.63) is 41.5 Å². The van der Waals surface area contributed by atoms with Crippen LogP contribution in [0, 0.1) is 0 Å². The minimum Gasteiger partial charge on any atom is -0.356 e. The summed E-state index contributed by atoms with van der Waals surface area (Å²) in [6.45, 7) is 6.33. The van der Waals surface area contributed by atoms with Gasteiger partial charge in [-0.05, 0) is 30.5 Å². The highest BCUT2D eigenvalue weighted by molar-refractivity contribution is 5.95. The summed E-state index contributed by atoms with van der Waals surface area (Å²) in [7, 11) is 1.75. The molecule has 3 rings (SSSR count). The van der Waals surface area contributed by atoms with Crippen molar-refractivity contribution in [2.24, 2.45) is 4.99 Å². The third-order valence-electron chi connectivity index (χ3n) is 4.87. The fraction of sp³-hybridized carbons (Fsp3) is 0.524. The maximum absolute atomic E-state index is 11.8. The Morgan fingerprint density at radius 1 is 1.28 bits per heavy atom. The fourth-order valence-electron chi connectivity index (χ4n) is 3.17. The van der Waals surface area contributed by atoms with E-state index in [-0.39, 0.29) is 11.8 Å². The van der Waals surface area contributed by atoms with Crippen LogP contribution < -0.4 is 15.5 Å². The van der Waals surface area contributed by atoms with Crippen molar-refractivity contribution in [3.63, 3.8) is 0 Å². The number of aliphatic imine (C=N–C) groups is 1. The molecular weight excluding hydrogens is 368 g/mol. The Morgan fingerprint density at radius 2 is 2.07 bits per heavy atom. The van der Waals surface area contributed by atoms with Gasteiger partial charge in [0.05, 0.1) is 0 Å². The van der Waals surface area contributed by atoms with Gasteiger partial charge in [0.1, 0.15) is 0 Å². The average Bonchev–Trinajstić information content (AvgIpc) is 3.37. The SMILES string of the molecule is CN=C(NCCCc1nc(C(C)C)no1)NCc1ccc(N2CCCC2=O)cc1. The minimum atomic E-state index is 0.210. The largest absolute Gasteiger partial charge is 0.356 e. The summed E-state index contributed by atoms with van der Waals surface area (Å²) in [6, 6.07) is 8.10. The molecule has 1 aliphatic rings. The van der Waals surface area contributed by atoms with Crippen LogP contribution in [0.25, 0.3) is 0 Å². The van der Waals surface area contributed by atoms with Crippen LogP contribution in [0.4, 0.5) is 5.69 Å². The molecule has 0 atom stereocenters. The van der Waals surface area contributed by atoms with E-state index < -0.39 is 0 Å². The number of benzene rings is 1. The number of hydrogen-bond acceptors (Lipinski definition) is 5. The molecule has 2 aromatic rings. The van der Waals surface area contributed by atoms with Crippen LogP contribution in [-0.4, -0.2) is 42.1 Å². The zero-order chi connectivity index (χ0) is 20.6. The van der Waals surface area contributed by atoms with Crippen molar-refractivity contribution in [1.82, 2.24) is 20.8 Å². The van der Waals surface area contributed by atoms with Gasteiger partial charge in [-0.15, -0.1) is 0 Å². The zero-order valence-electron chi connectivity index (χ0n) is 17.4. The monoisotopic (exact) mass is 398 g/mol. The molecule has 0 radical (unpaired) electrons. The fourth-order valence-corrected chi connectivity index (χ4v) is 3.17. The van der Waals surface area contributed by atoms with Crippen LogP contribution in [-0.2, 0) is 17.8 Å². The topological polar surface area (TPSA) is 95.7 Å². The first-order chi connectivity index (χ1) is 14.1. The van der Waals surface area contributed by atoms with Crippen LogP contribution in [0.2, 0.25) is 0 Å². The summed E-state index contributed by atoms with van der Waals surface area (Å²) in [6.07, 6.45) is 3.20. The van der Waals surface area contributed by atoms with Crippen molar-refractivity contribution >= 4 is 17.6 Å². The lowest BCUT2D eigenvalue weighted by Crippen LogP contribution is -2.37. The number of hydrogen-bond donors (Lipinski definition) is 2. The average molecular weight is 399 g/mol. The third-order valence-corrected chi connectivity index (χ3v) is 4.87. The van der Waals surface area contributed by atoms with Gasteiger partial charge in [0.2, 0.25) is 11.8 Å². The van der Waals surface area contributed by atoms with E-state index in [0.29, 0.717) is 18.9 Å². The first kappa shape index (κ1) is 20.8. The molecule has 0 bridgehead atoms. The molecule has 2 heterocycles. The predicted molar refractivity (Wildman–Crippen MR) is 113 cm³/mol. The van der Waals surface area contributed by atoms with Crippen molar-refractivity contribution < 1.29 is 9.32 Å². The molecule has 0 aliphatic carbocycles.